The number of amides is 1. The molecule has 0 saturated carbocycles. The van der Waals surface area contributed by atoms with Gasteiger partial charge >= 0.3 is 6.18 Å². The maximum Gasteiger partial charge on any atom is 0.416 e. The molecule has 5 nitrogen and oxygen atoms in total. The fraction of sp³-hybridized carbons (Fsp3) is 0.240. The van der Waals surface area contributed by atoms with E-state index >= 15 is 0 Å². The monoisotopic (exact) mass is 490 g/mol. The molecule has 3 aromatic rings. The van der Waals surface area contributed by atoms with Gasteiger partial charge in [-0.05, 0) is 60.4 Å². The standard InChI is InChI=1S/C25H25F3N2O3S/c1-17-6-4-7-18(2)23(17)30(34(3,32)33)16-19-10-12-21(13-11-19)24(31)29-15-20-8-5-9-22(14-20)25(26,27)28/h4-14H,15-16H2,1-3H3,(H,29,31). The third-order valence-corrected chi connectivity index (χ3v) is 6.45. The lowest BCUT2D eigenvalue weighted by molar-refractivity contribution is -0.137. The van der Waals surface area contributed by atoms with Gasteiger partial charge in [-0.15, -0.1) is 0 Å². The van der Waals surface area contributed by atoms with Crippen LogP contribution in [0.2, 0.25) is 0 Å². The van der Waals surface area contributed by atoms with Crippen LogP contribution >= 0.6 is 0 Å². The van der Waals surface area contributed by atoms with E-state index < -0.39 is 27.7 Å². The minimum Gasteiger partial charge on any atom is -0.348 e. The van der Waals surface area contributed by atoms with Crippen molar-refractivity contribution in [2.75, 3.05) is 10.6 Å². The van der Waals surface area contributed by atoms with Crippen LogP contribution in [0.4, 0.5) is 18.9 Å². The number of alkyl halides is 3. The predicted molar refractivity (Wildman–Crippen MR) is 126 cm³/mol. The van der Waals surface area contributed by atoms with E-state index in [1.807, 2.05) is 32.0 Å². The van der Waals surface area contributed by atoms with Gasteiger partial charge in [0.1, 0.15) is 0 Å². The van der Waals surface area contributed by atoms with Crippen molar-refractivity contribution in [3.8, 4) is 0 Å². The number of nitrogens with one attached hydrogen (secondary N) is 1. The van der Waals surface area contributed by atoms with Crippen molar-refractivity contribution in [1.29, 1.82) is 0 Å². The molecule has 0 aliphatic rings. The molecule has 0 fully saturated rings. The topological polar surface area (TPSA) is 66.5 Å². The summed E-state index contributed by atoms with van der Waals surface area (Å²) in [4.78, 5) is 12.5. The van der Waals surface area contributed by atoms with Gasteiger partial charge in [0.2, 0.25) is 10.0 Å². The zero-order chi connectivity index (χ0) is 25.1. The van der Waals surface area contributed by atoms with Crippen LogP contribution in [0.1, 0.15) is 38.2 Å². The highest BCUT2D eigenvalue weighted by Gasteiger charge is 2.30. The number of carbonyl (C=O) groups excluding carboxylic acids is 1. The highest BCUT2D eigenvalue weighted by Crippen LogP contribution is 2.30. The Bertz CT molecular complexity index is 1270. The van der Waals surface area contributed by atoms with Crippen LogP contribution in [0.15, 0.2) is 66.7 Å². The normalized spacial score (nSPS) is 11.8. The summed E-state index contributed by atoms with van der Waals surface area (Å²) in [6, 6.07) is 16.8. The van der Waals surface area contributed by atoms with E-state index in [4.69, 9.17) is 0 Å². The lowest BCUT2D eigenvalue weighted by Crippen LogP contribution is -2.30. The average Bonchev–Trinajstić information content (AvgIpc) is 2.76. The lowest BCUT2D eigenvalue weighted by atomic mass is 10.1. The number of hydrogen-bond acceptors (Lipinski definition) is 3. The first kappa shape index (κ1) is 25.3. The van der Waals surface area contributed by atoms with Crippen molar-refractivity contribution < 1.29 is 26.4 Å². The van der Waals surface area contributed by atoms with Crippen LogP contribution < -0.4 is 9.62 Å². The van der Waals surface area contributed by atoms with Crippen LogP contribution in [0.3, 0.4) is 0 Å². The molecule has 0 atom stereocenters. The SMILES string of the molecule is Cc1cccc(C)c1N(Cc1ccc(C(=O)NCc2cccc(C(F)(F)F)c2)cc1)S(C)(=O)=O. The maximum atomic E-state index is 12.9. The first-order valence-electron chi connectivity index (χ1n) is 10.4. The van der Waals surface area contributed by atoms with E-state index in [0.717, 1.165) is 29.5 Å². The van der Waals surface area contributed by atoms with Crippen molar-refractivity contribution in [3.05, 3.63) is 100 Å². The Morgan fingerprint density at radius 3 is 2.06 bits per heavy atom. The van der Waals surface area contributed by atoms with E-state index in [0.29, 0.717) is 22.4 Å². The van der Waals surface area contributed by atoms with Gasteiger partial charge < -0.3 is 5.32 Å². The molecule has 1 amide bonds. The fourth-order valence-corrected chi connectivity index (χ4v) is 4.63. The van der Waals surface area contributed by atoms with Gasteiger partial charge in [0, 0.05) is 12.1 Å². The smallest absolute Gasteiger partial charge is 0.348 e. The maximum absolute atomic E-state index is 12.9. The number of carbonyl (C=O) groups is 1. The summed E-state index contributed by atoms with van der Waals surface area (Å²) in [6.45, 7) is 3.73. The van der Waals surface area contributed by atoms with E-state index in [1.165, 1.54) is 16.4 Å². The van der Waals surface area contributed by atoms with E-state index in [2.05, 4.69) is 5.32 Å². The van der Waals surface area contributed by atoms with Crippen molar-refractivity contribution in [2.24, 2.45) is 0 Å². The molecule has 0 unspecified atom stereocenters. The first-order chi connectivity index (χ1) is 15.9. The Kier molecular flexibility index (Phi) is 7.35. The van der Waals surface area contributed by atoms with Crippen molar-refractivity contribution in [1.82, 2.24) is 5.32 Å². The molecule has 3 rings (SSSR count). The summed E-state index contributed by atoms with van der Waals surface area (Å²) in [6.07, 6.45) is -3.30. The Morgan fingerprint density at radius 2 is 1.50 bits per heavy atom. The molecule has 0 aliphatic heterocycles. The molecule has 0 spiro atoms. The molecule has 0 saturated heterocycles. The highest BCUT2D eigenvalue weighted by molar-refractivity contribution is 7.92. The van der Waals surface area contributed by atoms with Crippen molar-refractivity contribution in [2.45, 2.75) is 33.1 Å². The minimum atomic E-state index is -4.45. The Hall–Kier alpha value is -3.33. The predicted octanol–water partition coefficient (Wildman–Crippen LogP) is 5.22. The van der Waals surface area contributed by atoms with E-state index in [1.54, 1.807) is 24.3 Å². The summed E-state index contributed by atoms with van der Waals surface area (Å²) >= 11 is 0. The molecular formula is C25H25F3N2O3S. The number of aryl methyl sites for hydroxylation is 2. The van der Waals surface area contributed by atoms with Crippen LogP contribution in [-0.4, -0.2) is 20.6 Å². The molecule has 34 heavy (non-hydrogen) atoms. The summed E-state index contributed by atoms with van der Waals surface area (Å²) in [5.41, 5.74) is 2.83. The Labute approximate surface area is 197 Å². The van der Waals surface area contributed by atoms with E-state index in [-0.39, 0.29) is 13.1 Å². The summed E-state index contributed by atoms with van der Waals surface area (Å²) in [7, 11) is -3.57. The van der Waals surface area contributed by atoms with Crippen LogP contribution in [0, 0.1) is 13.8 Å². The Morgan fingerprint density at radius 1 is 0.912 bits per heavy atom. The van der Waals surface area contributed by atoms with Crippen molar-refractivity contribution >= 4 is 21.6 Å². The van der Waals surface area contributed by atoms with Crippen LogP contribution in [-0.2, 0) is 29.3 Å². The molecule has 9 heteroatoms. The zero-order valence-corrected chi connectivity index (χ0v) is 19.8. The number of para-hydroxylation sites is 1. The largest absolute Gasteiger partial charge is 0.416 e. The molecular weight excluding hydrogens is 465 g/mol. The fourth-order valence-electron chi connectivity index (χ4n) is 3.63. The molecule has 0 bridgehead atoms. The van der Waals surface area contributed by atoms with Gasteiger partial charge in [0.25, 0.3) is 5.91 Å². The molecule has 3 aromatic carbocycles. The minimum absolute atomic E-state index is 0.0566. The number of nitrogens with zero attached hydrogens (tertiary/aromatic N) is 1. The average molecular weight is 491 g/mol. The number of benzene rings is 3. The van der Waals surface area contributed by atoms with Gasteiger partial charge in [-0.1, -0.05) is 42.5 Å². The van der Waals surface area contributed by atoms with Gasteiger partial charge in [-0.3, -0.25) is 9.10 Å². The van der Waals surface area contributed by atoms with Crippen LogP contribution in [0.5, 0.6) is 0 Å². The first-order valence-corrected chi connectivity index (χ1v) is 12.3. The third-order valence-electron chi connectivity index (χ3n) is 5.34. The molecule has 0 aromatic heterocycles. The third kappa shape index (κ3) is 6.17. The summed E-state index contributed by atoms with van der Waals surface area (Å²) in [5, 5.41) is 2.61. The number of anilines is 1. The molecule has 1 N–H and O–H groups in total. The summed E-state index contributed by atoms with van der Waals surface area (Å²) < 4.78 is 64.9. The second kappa shape index (κ2) is 9.89. The number of sulfonamides is 1. The molecule has 180 valence electrons. The number of hydrogen-bond donors (Lipinski definition) is 1. The van der Waals surface area contributed by atoms with Crippen LogP contribution in [0.25, 0.3) is 0 Å². The quantitative estimate of drug-likeness (QED) is 0.494. The number of rotatable bonds is 7. The zero-order valence-electron chi connectivity index (χ0n) is 19.0. The van der Waals surface area contributed by atoms with Gasteiger partial charge in [0.05, 0.1) is 24.1 Å². The lowest BCUT2D eigenvalue weighted by Gasteiger charge is -2.26. The highest BCUT2D eigenvalue weighted by atomic mass is 32.2. The van der Waals surface area contributed by atoms with E-state index in [9.17, 15) is 26.4 Å². The molecule has 0 radical (unpaired) electrons. The summed E-state index contributed by atoms with van der Waals surface area (Å²) in [5.74, 6) is -0.446. The molecule has 0 heterocycles. The van der Waals surface area contributed by atoms with Gasteiger partial charge in [0.15, 0.2) is 0 Å². The molecule has 0 aliphatic carbocycles. The van der Waals surface area contributed by atoms with Gasteiger partial charge in [-0.2, -0.15) is 13.2 Å². The van der Waals surface area contributed by atoms with Crippen molar-refractivity contribution in [3.63, 3.8) is 0 Å². The Balaban J connectivity index is 1.72. The number of halogens is 3. The second-order valence-corrected chi connectivity index (χ2v) is 9.99. The second-order valence-electron chi connectivity index (χ2n) is 8.09. The van der Waals surface area contributed by atoms with Gasteiger partial charge in [-0.25, -0.2) is 8.42 Å².